The second-order valence-electron chi connectivity index (χ2n) is 7.10. The van der Waals surface area contributed by atoms with Gasteiger partial charge in [-0.25, -0.2) is 5.43 Å². The highest BCUT2D eigenvalue weighted by molar-refractivity contribution is 7.99. The molecule has 174 valence electrons. The van der Waals surface area contributed by atoms with Crippen molar-refractivity contribution in [1.82, 2.24) is 20.2 Å². The lowest BCUT2D eigenvalue weighted by Crippen LogP contribution is -2.20. The van der Waals surface area contributed by atoms with Crippen molar-refractivity contribution < 1.29 is 14.3 Å². The van der Waals surface area contributed by atoms with Gasteiger partial charge in [-0.2, -0.15) is 5.10 Å². The smallest absolute Gasteiger partial charge is 0.250 e. The third kappa shape index (κ3) is 5.29. The molecule has 0 aliphatic heterocycles. The lowest BCUT2D eigenvalue weighted by atomic mass is 10.2. The number of hydrazone groups is 1. The van der Waals surface area contributed by atoms with Crippen LogP contribution in [0.1, 0.15) is 10.4 Å². The molecule has 0 radical (unpaired) electrons. The van der Waals surface area contributed by atoms with Crippen LogP contribution in [0, 0.1) is 6.92 Å². The van der Waals surface area contributed by atoms with E-state index in [0.29, 0.717) is 22.5 Å². The van der Waals surface area contributed by atoms with Crippen LogP contribution in [0.4, 0.5) is 0 Å². The van der Waals surface area contributed by atoms with Gasteiger partial charge in [-0.05, 0) is 54.3 Å². The van der Waals surface area contributed by atoms with E-state index in [-0.39, 0.29) is 11.7 Å². The van der Waals surface area contributed by atoms with Gasteiger partial charge in [0.1, 0.15) is 0 Å². The summed E-state index contributed by atoms with van der Waals surface area (Å²) in [4.78, 5) is 13.4. The number of hydrogen-bond donors (Lipinski definition) is 1. The van der Waals surface area contributed by atoms with Gasteiger partial charge < -0.3 is 9.47 Å². The van der Waals surface area contributed by atoms with Gasteiger partial charge in [0.15, 0.2) is 22.5 Å². The van der Waals surface area contributed by atoms with Crippen molar-refractivity contribution in [3.8, 4) is 28.6 Å². The first-order chi connectivity index (χ1) is 16.6. The largest absolute Gasteiger partial charge is 0.493 e. The summed E-state index contributed by atoms with van der Waals surface area (Å²) in [7, 11) is 3.18. The van der Waals surface area contributed by atoms with Crippen molar-refractivity contribution in [2.45, 2.75) is 12.1 Å². The number of carbonyl (C=O) groups is 1. The summed E-state index contributed by atoms with van der Waals surface area (Å²) in [5.74, 6) is 1.75. The minimum absolute atomic E-state index is 0.137. The number of nitrogens with zero attached hydrogens (tertiary/aromatic N) is 4. The normalized spacial score (nSPS) is 11.0. The van der Waals surface area contributed by atoms with Crippen LogP contribution in [0.25, 0.3) is 17.1 Å². The highest BCUT2D eigenvalue weighted by Crippen LogP contribution is 2.34. The Bertz CT molecular complexity index is 1300. The van der Waals surface area contributed by atoms with Gasteiger partial charge in [-0.15, -0.1) is 21.5 Å². The van der Waals surface area contributed by atoms with E-state index in [1.807, 2.05) is 71.5 Å². The van der Waals surface area contributed by atoms with Gasteiger partial charge in [0.25, 0.3) is 5.91 Å². The molecule has 0 saturated heterocycles. The van der Waals surface area contributed by atoms with Gasteiger partial charge in [-0.1, -0.05) is 30.0 Å². The molecule has 0 spiro atoms. The van der Waals surface area contributed by atoms with Crippen LogP contribution in [0.5, 0.6) is 11.5 Å². The van der Waals surface area contributed by atoms with E-state index in [4.69, 9.17) is 9.47 Å². The zero-order chi connectivity index (χ0) is 23.9. The predicted molar refractivity (Wildman–Crippen MR) is 135 cm³/mol. The molecule has 0 aliphatic rings. The van der Waals surface area contributed by atoms with Crippen LogP contribution < -0.4 is 14.9 Å². The van der Waals surface area contributed by atoms with Crippen LogP contribution in [0.15, 0.2) is 70.2 Å². The zero-order valence-electron chi connectivity index (χ0n) is 18.9. The maximum atomic E-state index is 12.4. The molecule has 2 aromatic heterocycles. The Hall–Kier alpha value is -3.63. The number of amides is 1. The number of thioether (sulfide) groups is 1. The number of benzene rings is 2. The fourth-order valence-corrected chi connectivity index (χ4v) is 4.71. The number of aromatic nitrogens is 3. The SMILES string of the molecule is COc1ccc(-c2nnc(SCC(=O)N/N=C/c3sccc3C)n2-c2ccccc2)cc1OC. The fraction of sp³-hybridized carbons (Fsp3) is 0.167. The van der Waals surface area contributed by atoms with Crippen molar-refractivity contribution >= 4 is 35.2 Å². The minimum atomic E-state index is -0.231. The van der Waals surface area contributed by atoms with Gasteiger partial charge in [0.2, 0.25) is 0 Å². The zero-order valence-corrected chi connectivity index (χ0v) is 20.5. The monoisotopic (exact) mass is 493 g/mol. The van der Waals surface area contributed by atoms with E-state index in [0.717, 1.165) is 21.7 Å². The number of aryl methyl sites for hydroxylation is 1. The van der Waals surface area contributed by atoms with E-state index in [2.05, 4.69) is 20.7 Å². The Labute approximate surface area is 205 Å². The molecular formula is C24H23N5O3S2. The number of carbonyl (C=O) groups excluding carboxylic acids is 1. The maximum Gasteiger partial charge on any atom is 0.250 e. The number of hydrogen-bond acceptors (Lipinski definition) is 8. The molecule has 4 rings (SSSR count). The van der Waals surface area contributed by atoms with Gasteiger partial charge in [-0.3, -0.25) is 9.36 Å². The third-order valence-corrected chi connectivity index (χ3v) is 6.78. The first-order valence-electron chi connectivity index (χ1n) is 10.3. The highest BCUT2D eigenvalue weighted by Gasteiger charge is 2.18. The average Bonchev–Trinajstić information content (AvgIpc) is 3.48. The van der Waals surface area contributed by atoms with Crippen LogP contribution in [0.2, 0.25) is 0 Å². The lowest BCUT2D eigenvalue weighted by molar-refractivity contribution is -0.118. The number of ether oxygens (including phenoxy) is 2. The van der Waals surface area contributed by atoms with Crippen LogP contribution in [-0.4, -0.2) is 46.9 Å². The molecule has 2 aromatic carbocycles. The van der Waals surface area contributed by atoms with Crippen molar-refractivity contribution in [2.24, 2.45) is 5.10 Å². The first kappa shape index (κ1) is 23.5. The number of nitrogens with one attached hydrogen (secondary N) is 1. The molecular weight excluding hydrogens is 470 g/mol. The minimum Gasteiger partial charge on any atom is -0.493 e. The molecule has 1 N–H and O–H groups in total. The van der Waals surface area contributed by atoms with Crippen LogP contribution in [-0.2, 0) is 4.79 Å². The molecule has 0 fully saturated rings. The van der Waals surface area contributed by atoms with Crippen molar-refractivity contribution in [3.63, 3.8) is 0 Å². The topological polar surface area (TPSA) is 90.6 Å². The Balaban J connectivity index is 1.56. The highest BCUT2D eigenvalue weighted by atomic mass is 32.2. The molecule has 34 heavy (non-hydrogen) atoms. The summed E-state index contributed by atoms with van der Waals surface area (Å²) in [6.45, 7) is 2.00. The Morgan fingerprint density at radius 3 is 2.62 bits per heavy atom. The molecule has 0 aliphatic carbocycles. The summed E-state index contributed by atoms with van der Waals surface area (Å²) >= 11 is 2.86. The Morgan fingerprint density at radius 1 is 1.12 bits per heavy atom. The molecule has 1 amide bonds. The van der Waals surface area contributed by atoms with Gasteiger partial charge in [0.05, 0.1) is 26.2 Å². The second-order valence-corrected chi connectivity index (χ2v) is 8.99. The number of thiophene rings is 1. The van der Waals surface area contributed by atoms with E-state index < -0.39 is 0 Å². The van der Waals surface area contributed by atoms with Crippen molar-refractivity contribution in [1.29, 1.82) is 0 Å². The fourth-order valence-electron chi connectivity index (χ4n) is 3.18. The summed E-state index contributed by atoms with van der Waals surface area (Å²) in [6, 6.07) is 17.3. The molecule has 0 bridgehead atoms. The number of rotatable bonds is 9. The second kappa shape index (κ2) is 11.0. The van der Waals surface area contributed by atoms with E-state index in [9.17, 15) is 4.79 Å². The summed E-state index contributed by atoms with van der Waals surface area (Å²) in [5, 5.41) is 15.4. The molecule has 0 atom stereocenters. The molecule has 0 saturated carbocycles. The molecule has 8 nitrogen and oxygen atoms in total. The number of para-hydroxylation sites is 1. The standard InChI is InChI=1S/C24H23N5O3S2/c1-16-11-12-33-21(16)14-25-26-22(30)15-34-24-28-27-23(29(24)18-7-5-4-6-8-18)17-9-10-19(31-2)20(13-17)32-3/h4-14H,15H2,1-3H3,(H,26,30)/b25-14+. The molecule has 10 heteroatoms. The molecule has 0 unspecified atom stereocenters. The van der Waals surface area contributed by atoms with Crippen LogP contribution in [0.3, 0.4) is 0 Å². The Kier molecular flexibility index (Phi) is 7.61. The number of methoxy groups -OCH3 is 2. The van der Waals surface area contributed by atoms with Crippen molar-refractivity contribution in [2.75, 3.05) is 20.0 Å². The van der Waals surface area contributed by atoms with E-state index >= 15 is 0 Å². The van der Waals surface area contributed by atoms with Gasteiger partial charge in [0, 0.05) is 16.1 Å². The van der Waals surface area contributed by atoms with Gasteiger partial charge >= 0.3 is 0 Å². The van der Waals surface area contributed by atoms with E-state index in [1.165, 1.54) is 11.8 Å². The Morgan fingerprint density at radius 2 is 1.91 bits per heavy atom. The summed E-state index contributed by atoms with van der Waals surface area (Å²) < 4.78 is 12.7. The third-order valence-electron chi connectivity index (χ3n) is 4.89. The average molecular weight is 494 g/mol. The van der Waals surface area contributed by atoms with Crippen LogP contribution >= 0.6 is 23.1 Å². The quantitative estimate of drug-likeness (QED) is 0.209. The predicted octanol–water partition coefficient (Wildman–Crippen LogP) is 4.56. The summed E-state index contributed by atoms with van der Waals surface area (Å²) in [5.41, 5.74) is 5.38. The summed E-state index contributed by atoms with van der Waals surface area (Å²) in [6.07, 6.45) is 1.66. The first-order valence-corrected chi connectivity index (χ1v) is 12.2. The van der Waals surface area contributed by atoms with Crippen molar-refractivity contribution in [3.05, 3.63) is 70.4 Å². The lowest BCUT2D eigenvalue weighted by Gasteiger charge is -2.12. The van der Waals surface area contributed by atoms with E-state index in [1.54, 1.807) is 31.8 Å². The maximum absolute atomic E-state index is 12.4. The molecule has 4 aromatic rings. The molecule has 2 heterocycles.